The number of likely N-dealkylation sites (tertiary alicyclic amines) is 1. The summed E-state index contributed by atoms with van der Waals surface area (Å²) >= 11 is 0. The fourth-order valence-electron chi connectivity index (χ4n) is 3.78. The van der Waals surface area contributed by atoms with E-state index in [2.05, 4.69) is 5.32 Å². The van der Waals surface area contributed by atoms with Gasteiger partial charge < -0.3 is 16.0 Å². The average molecular weight is 365 g/mol. The minimum atomic E-state index is -0.612. The van der Waals surface area contributed by atoms with Crippen molar-refractivity contribution < 1.29 is 18.4 Å². The molecule has 2 amide bonds. The molecular weight excluding hydrogens is 340 g/mol. The Kier molecular flexibility index (Phi) is 5.86. The molecule has 7 heteroatoms. The van der Waals surface area contributed by atoms with Crippen LogP contribution in [0.1, 0.15) is 43.6 Å². The Morgan fingerprint density at radius 3 is 2.81 bits per heavy atom. The molecule has 3 N–H and O–H groups in total. The largest absolute Gasteiger partial charge is 0.354 e. The molecule has 2 fully saturated rings. The first-order valence-electron chi connectivity index (χ1n) is 9.23. The molecule has 0 spiro atoms. The lowest BCUT2D eigenvalue weighted by atomic mass is 10.0. The maximum absolute atomic E-state index is 14.0. The van der Waals surface area contributed by atoms with Crippen molar-refractivity contribution >= 4 is 11.8 Å². The Hall–Kier alpha value is -2.02. The monoisotopic (exact) mass is 365 g/mol. The average Bonchev–Trinajstić information content (AvgIpc) is 3.40. The highest BCUT2D eigenvalue weighted by Gasteiger charge is 2.48. The highest BCUT2D eigenvalue weighted by molar-refractivity contribution is 5.83. The number of nitrogens with zero attached hydrogens (tertiary/aromatic N) is 1. The summed E-state index contributed by atoms with van der Waals surface area (Å²) in [5.74, 6) is -1.74. The van der Waals surface area contributed by atoms with Gasteiger partial charge >= 0.3 is 0 Å². The zero-order chi connectivity index (χ0) is 18.7. The molecule has 3 rings (SSSR count). The van der Waals surface area contributed by atoms with Gasteiger partial charge in [-0.1, -0.05) is 6.07 Å². The Morgan fingerprint density at radius 1 is 1.27 bits per heavy atom. The standard InChI is InChI=1S/C19H25F2N3O2/c20-12-4-5-14(17(21)9-12)15-10-16(15)19(26)24-8-2-1-3-13(24)11-23-18(25)6-7-22/h4-5,9,13,15-16H,1-3,6-8,10-11,22H2,(H,23,25). The van der Waals surface area contributed by atoms with Crippen molar-refractivity contribution in [3.8, 4) is 0 Å². The van der Waals surface area contributed by atoms with Crippen molar-refractivity contribution in [2.75, 3.05) is 19.6 Å². The van der Waals surface area contributed by atoms with Crippen molar-refractivity contribution in [1.82, 2.24) is 10.2 Å². The van der Waals surface area contributed by atoms with E-state index in [1.165, 1.54) is 12.1 Å². The fourth-order valence-corrected chi connectivity index (χ4v) is 3.78. The fraction of sp³-hybridized carbons (Fsp3) is 0.579. The number of benzene rings is 1. The maximum Gasteiger partial charge on any atom is 0.226 e. The van der Waals surface area contributed by atoms with Gasteiger partial charge in [0.25, 0.3) is 0 Å². The molecule has 1 saturated carbocycles. The van der Waals surface area contributed by atoms with Crippen molar-refractivity contribution in [2.45, 2.75) is 44.1 Å². The Morgan fingerprint density at radius 2 is 2.08 bits per heavy atom. The van der Waals surface area contributed by atoms with Crippen LogP contribution in [0.2, 0.25) is 0 Å². The third kappa shape index (κ3) is 4.20. The first-order chi connectivity index (χ1) is 12.5. The molecule has 1 aliphatic carbocycles. The molecule has 0 aromatic heterocycles. The minimum Gasteiger partial charge on any atom is -0.354 e. The van der Waals surface area contributed by atoms with Crippen molar-refractivity contribution in [3.63, 3.8) is 0 Å². The zero-order valence-electron chi connectivity index (χ0n) is 14.7. The maximum atomic E-state index is 14.0. The summed E-state index contributed by atoms with van der Waals surface area (Å²) in [4.78, 5) is 26.4. The van der Waals surface area contributed by atoms with Crippen LogP contribution in [0.4, 0.5) is 8.78 Å². The van der Waals surface area contributed by atoms with Crippen LogP contribution in [-0.2, 0) is 9.59 Å². The number of amides is 2. The van der Waals surface area contributed by atoms with Crippen LogP contribution in [-0.4, -0.2) is 42.4 Å². The third-order valence-corrected chi connectivity index (χ3v) is 5.29. The number of nitrogens with one attached hydrogen (secondary N) is 1. The molecule has 0 bridgehead atoms. The van der Waals surface area contributed by atoms with E-state index < -0.39 is 11.6 Å². The molecule has 142 valence electrons. The molecule has 1 saturated heterocycles. The van der Waals surface area contributed by atoms with Gasteiger partial charge in [0.2, 0.25) is 11.8 Å². The highest BCUT2D eigenvalue weighted by Crippen LogP contribution is 2.49. The molecule has 1 heterocycles. The van der Waals surface area contributed by atoms with Crippen LogP contribution < -0.4 is 11.1 Å². The van der Waals surface area contributed by atoms with Crippen LogP contribution in [0.15, 0.2) is 18.2 Å². The van der Waals surface area contributed by atoms with Crippen LogP contribution in [0.25, 0.3) is 0 Å². The topological polar surface area (TPSA) is 75.4 Å². The lowest BCUT2D eigenvalue weighted by Gasteiger charge is -2.36. The smallest absolute Gasteiger partial charge is 0.226 e. The molecule has 26 heavy (non-hydrogen) atoms. The van der Waals surface area contributed by atoms with E-state index in [1.807, 2.05) is 4.90 Å². The Bertz CT molecular complexity index is 683. The summed E-state index contributed by atoms with van der Waals surface area (Å²) in [6.07, 6.45) is 3.65. The first kappa shape index (κ1) is 18.8. The molecule has 3 unspecified atom stereocenters. The summed E-state index contributed by atoms with van der Waals surface area (Å²) in [5, 5.41) is 2.84. The molecule has 5 nitrogen and oxygen atoms in total. The van der Waals surface area contributed by atoms with Gasteiger partial charge in [-0.15, -0.1) is 0 Å². The summed E-state index contributed by atoms with van der Waals surface area (Å²) in [6, 6.07) is 3.50. The van der Waals surface area contributed by atoms with E-state index in [1.54, 1.807) is 0 Å². The van der Waals surface area contributed by atoms with Gasteiger partial charge in [0, 0.05) is 44.1 Å². The number of carbonyl (C=O) groups excluding carboxylic acids is 2. The van der Waals surface area contributed by atoms with E-state index in [0.717, 1.165) is 25.3 Å². The van der Waals surface area contributed by atoms with E-state index >= 15 is 0 Å². The van der Waals surface area contributed by atoms with Crippen LogP contribution in [0, 0.1) is 17.6 Å². The highest BCUT2D eigenvalue weighted by atomic mass is 19.1. The zero-order valence-corrected chi connectivity index (χ0v) is 14.7. The van der Waals surface area contributed by atoms with Crippen LogP contribution >= 0.6 is 0 Å². The van der Waals surface area contributed by atoms with E-state index in [-0.39, 0.29) is 36.1 Å². The summed E-state index contributed by atoms with van der Waals surface area (Å²) in [5.41, 5.74) is 5.79. The van der Waals surface area contributed by atoms with Gasteiger partial charge in [0.1, 0.15) is 11.6 Å². The first-order valence-corrected chi connectivity index (χ1v) is 9.23. The van der Waals surface area contributed by atoms with Gasteiger partial charge in [-0.05, 0) is 43.2 Å². The number of carbonyl (C=O) groups is 2. The number of halogens is 2. The van der Waals surface area contributed by atoms with Crippen molar-refractivity contribution in [3.05, 3.63) is 35.4 Å². The van der Waals surface area contributed by atoms with Crippen LogP contribution in [0.5, 0.6) is 0 Å². The number of hydrogen-bond donors (Lipinski definition) is 2. The molecule has 1 aromatic carbocycles. The number of nitrogens with two attached hydrogens (primary N) is 1. The van der Waals surface area contributed by atoms with Gasteiger partial charge in [0.05, 0.1) is 0 Å². The van der Waals surface area contributed by atoms with E-state index in [4.69, 9.17) is 5.73 Å². The summed E-state index contributed by atoms with van der Waals surface area (Å²) in [6.45, 7) is 1.38. The Balaban J connectivity index is 1.61. The summed E-state index contributed by atoms with van der Waals surface area (Å²) in [7, 11) is 0. The predicted octanol–water partition coefficient (Wildman–Crippen LogP) is 1.91. The van der Waals surface area contributed by atoms with Gasteiger partial charge in [-0.2, -0.15) is 0 Å². The predicted molar refractivity (Wildman–Crippen MR) is 93.2 cm³/mol. The van der Waals surface area contributed by atoms with Gasteiger partial charge in [0.15, 0.2) is 0 Å². The lowest BCUT2D eigenvalue weighted by molar-refractivity contribution is -0.137. The molecular formula is C19H25F2N3O2. The number of hydrogen-bond acceptors (Lipinski definition) is 3. The van der Waals surface area contributed by atoms with Gasteiger partial charge in [-0.25, -0.2) is 8.78 Å². The molecule has 1 aromatic rings. The SMILES string of the molecule is NCCC(=O)NCC1CCCCN1C(=O)C1CC1c1ccc(F)cc1F. The number of piperidine rings is 1. The second-order valence-electron chi connectivity index (χ2n) is 7.14. The van der Waals surface area contributed by atoms with Crippen molar-refractivity contribution in [1.29, 1.82) is 0 Å². The van der Waals surface area contributed by atoms with E-state index in [9.17, 15) is 18.4 Å². The summed E-state index contributed by atoms with van der Waals surface area (Å²) < 4.78 is 27.0. The molecule has 2 aliphatic rings. The second kappa shape index (κ2) is 8.12. The van der Waals surface area contributed by atoms with Crippen LogP contribution in [0.3, 0.4) is 0 Å². The quantitative estimate of drug-likeness (QED) is 0.809. The third-order valence-electron chi connectivity index (χ3n) is 5.29. The number of rotatable bonds is 6. The molecule has 0 radical (unpaired) electrons. The lowest BCUT2D eigenvalue weighted by Crippen LogP contribution is -2.50. The molecule has 1 aliphatic heterocycles. The second-order valence-corrected chi connectivity index (χ2v) is 7.14. The minimum absolute atomic E-state index is 0.0106. The molecule has 3 atom stereocenters. The van der Waals surface area contributed by atoms with Gasteiger partial charge in [-0.3, -0.25) is 9.59 Å². The van der Waals surface area contributed by atoms with Crippen molar-refractivity contribution in [2.24, 2.45) is 11.7 Å². The van der Waals surface area contributed by atoms with E-state index in [0.29, 0.717) is 31.6 Å². The Labute approximate surface area is 151 Å². The normalized spacial score (nSPS) is 25.0.